The SMILES string of the molecule is O=C(c1ccccc1)c1cc(Cl)ccc1NC(=O)c1cc(-c2ccccc2)nc2ccccc12. The largest absolute Gasteiger partial charge is 0.321 e. The summed E-state index contributed by atoms with van der Waals surface area (Å²) < 4.78 is 0. The number of aromatic nitrogens is 1. The average Bonchev–Trinajstić information content (AvgIpc) is 2.89. The van der Waals surface area contributed by atoms with Gasteiger partial charge in [0, 0.05) is 27.1 Å². The molecule has 0 atom stereocenters. The molecule has 5 heteroatoms. The third-order valence-corrected chi connectivity index (χ3v) is 5.78. The van der Waals surface area contributed by atoms with Crippen LogP contribution in [0.1, 0.15) is 26.3 Å². The molecule has 4 nitrogen and oxygen atoms in total. The predicted molar refractivity (Wildman–Crippen MR) is 136 cm³/mol. The molecule has 1 amide bonds. The third-order valence-electron chi connectivity index (χ3n) is 5.54. The Morgan fingerprint density at radius 3 is 2.15 bits per heavy atom. The van der Waals surface area contributed by atoms with Crippen LogP contribution in [-0.4, -0.2) is 16.7 Å². The van der Waals surface area contributed by atoms with Crippen LogP contribution in [0.2, 0.25) is 5.02 Å². The number of nitrogens with zero attached hydrogens (tertiary/aromatic N) is 1. The maximum Gasteiger partial charge on any atom is 0.256 e. The van der Waals surface area contributed by atoms with Crippen LogP contribution in [0.3, 0.4) is 0 Å². The van der Waals surface area contributed by atoms with E-state index in [0.717, 1.165) is 10.9 Å². The molecule has 0 aliphatic heterocycles. The smallest absolute Gasteiger partial charge is 0.256 e. The monoisotopic (exact) mass is 462 g/mol. The maximum absolute atomic E-state index is 13.5. The minimum absolute atomic E-state index is 0.219. The van der Waals surface area contributed by atoms with Crippen molar-refractivity contribution in [1.82, 2.24) is 4.98 Å². The van der Waals surface area contributed by atoms with Crippen LogP contribution in [0.4, 0.5) is 5.69 Å². The van der Waals surface area contributed by atoms with Crippen LogP contribution in [0, 0.1) is 0 Å². The van der Waals surface area contributed by atoms with Gasteiger partial charge in [-0.25, -0.2) is 4.98 Å². The highest BCUT2D eigenvalue weighted by atomic mass is 35.5. The van der Waals surface area contributed by atoms with Gasteiger partial charge in [0.2, 0.25) is 0 Å². The van der Waals surface area contributed by atoms with Crippen molar-refractivity contribution >= 4 is 39.9 Å². The number of fused-ring (bicyclic) bond motifs is 1. The number of halogens is 1. The van der Waals surface area contributed by atoms with Crippen LogP contribution in [0.25, 0.3) is 22.2 Å². The fourth-order valence-electron chi connectivity index (χ4n) is 3.87. The van der Waals surface area contributed by atoms with E-state index >= 15 is 0 Å². The number of benzene rings is 4. The van der Waals surface area contributed by atoms with Gasteiger partial charge in [0.1, 0.15) is 0 Å². The summed E-state index contributed by atoms with van der Waals surface area (Å²) in [5.41, 5.74) is 4.03. The number of hydrogen-bond donors (Lipinski definition) is 1. The van der Waals surface area contributed by atoms with E-state index in [1.54, 1.807) is 48.5 Å². The van der Waals surface area contributed by atoms with Crippen molar-refractivity contribution in [2.24, 2.45) is 0 Å². The number of carbonyl (C=O) groups excluding carboxylic acids is 2. The molecule has 0 aliphatic carbocycles. The van der Waals surface area contributed by atoms with Gasteiger partial charge in [-0.1, -0.05) is 90.5 Å². The average molecular weight is 463 g/mol. The van der Waals surface area contributed by atoms with Gasteiger partial charge in [-0.3, -0.25) is 9.59 Å². The fraction of sp³-hybridized carbons (Fsp3) is 0. The van der Waals surface area contributed by atoms with E-state index in [1.807, 2.05) is 60.7 Å². The number of pyridine rings is 1. The Hall–Kier alpha value is -4.28. The summed E-state index contributed by atoms with van der Waals surface area (Å²) in [7, 11) is 0. The molecule has 0 bridgehead atoms. The molecule has 0 aliphatic rings. The third kappa shape index (κ3) is 4.32. The second-order valence-corrected chi connectivity index (χ2v) is 8.21. The fourth-order valence-corrected chi connectivity index (χ4v) is 4.04. The molecule has 34 heavy (non-hydrogen) atoms. The molecular weight excluding hydrogens is 444 g/mol. The van der Waals surface area contributed by atoms with Gasteiger partial charge in [0.15, 0.2) is 5.78 Å². The molecule has 1 heterocycles. The standard InChI is InChI=1S/C29H19ClN2O2/c30-21-15-16-26(24(17-21)28(33)20-11-5-2-6-12-20)32-29(34)23-18-27(19-9-3-1-4-10-19)31-25-14-8-7-13-22(23)25/h1-18H,(H,32,34). The van der Waals surface area contributed by atoms with Gasteiger partial charge < -0.3 is 5.32 Å². The first-order valence-electron chi connectivity index (χ1n) is 10.8. The maximum atomic E-state index is 13.5. The van der Waals surface area contributed by atoms with Crippen LogP contribution in [0.5, 0.6) is 0 Å². The van der Waals surface area contributed by atoms with E-state index in [-0.39, 0.29) is 11.7 Å². The highest BCUT2D eigenvalue weighted by molar-refractivity contribution is 6.31. The molecule has 0 spiro atoms. The Labute approximate surface area is 201 Å². The van der Waals surface area contributed by atoms with Gasteiger partial charge in [-0.15, -0.1) is 0 Å². The summed E-state index contributed by atoms with van der Waals surface area (Å²) in [5.74, 6) is -0.553. The van der Waals surface area contributed by atoms with Crippen LogP contribution in [-0.2, 0) is 0 Å². The van der Waals surface area contributed by atoms with Crippen molar-refractivity contribution < 1.29 is 9.59 Å². The summed E-state index contributed by atoms with van der Waals surface area (Å²) in [5, 5.41) is 4.07. The normalized spacial score (nSPS) is 10.7. The number of para-hydroxylation sites is 1. The lowest BCUT2D eigenvalue weighted by atomic mass is 10.0. The molecule has 4 aromatic carbocycles. The number of rotatable bonds is 5. The second-order valence-electron chi connectivity index (χ2n) is 7.78. The van der Waals surface area contributed by atoms with Crippen LogP contribution >= 0.6 is 11.6 Å². The number of carbonyl (C=O) groups is 2. The van der Waals surface area contributed by atoms with Crippen molar-refractivity contribution in [1.29, 1.82) is 0 Å². The molecule has 5 rings (SSSR count). The molecule has 0 fully saturated rings. The minimum atomic E-state index is -0.333. The first-order chi connectivity index (χ1) is 16.6. The van der Waals surface area contributed by atoms with Gasteiger partial charge in [-0.2, -0.15) is 0 Å². The van der Waals surface area contributed by atoms with Gasteiger partial charge in [0.05, 0.1) is 22.5 Å². The Morgan fingerprint density at radius 2 is 1.38 bits per heavy atom. The minimum Gasteiger partial charge on any atom is -0.321 e. The number of amides is 1. The lowest BCUT2D eigenvalue weighted by Crippen LogP contribution is -2.16. The highest BCUT2D eigenvalue weighted by Crippen LogP contribution is 2.28. The Bertz CT molecular complexity index is 1520. The van der Waals surface area contributed by atoms with Crippen molar-refractivity contribution in [2.75, 3.05) is 5.32 Å². The molecular formula is C29H19ClN2O2. The Balaban J connectivity index is 1.57. The summed E-state index contributed by atoms with van der Waals surface area (Å²) in [4.78, 5) is 31.4. The molecule has 0 saturated carbocycles. The summed E-state index contributed by atoms with van der Waals surface area (Å²) in [6.45, 7) is 0. The zero-order chi connectivity index (χ0) is 23.5. The first kappa shape index (κ1) is 21.6. The van der Waals surface area contributed by atoms with Gasteiger partial charge >= 0.3 is 0 Å². The highest BCUT2D eigenvalue weighted by Gasteiger charge is 2.19. The lowest BCUT2D eigenvalue weighted by Gasteiger charge is -2.13. The zero-order valence-corrected chi connectivity index (χ0v) is 18.8. The van der Waals surface area contributed by atoms with Gasteiger partial charge in [0.25, 0.3) is 5.91 Å². The van der Waals surface area contributed by atoms with E-state index in [4.69, 9.17) is 16.6 Å². The summed E-state index contributed by atoms with van der Waals surface area (Å²) >= 11 is 6.20. The molecule has 0 radical (unpaired) electrons. The van der Waals surface area contributed by atoms with Crippen molar-refractivity contribution in [3.63, 3.8) is 0 Å². The molecule has 0 unspecified atom stereocenters. The topological polar surface area (TPSA) is 59.1 Å². The van der Waals surface area contributed by atoms with Gasteiger partial charge in [-0.05, 0) is 30.3 Å². The van der Waals surface area contributed by atoms with E-state index in [9.17, 15) is 9.59 Å². The Morgan fingerprint density at radius 1 is 0.706 bits per heavy atom. The van der Waals surface area contributed by atoms with Crippen LogP contribution in [0.15, 0.2) is 109 Å². The number of ketones is 1. The molecule has 164 valence electrons. The molecule has 5 aromatic rings. The molecule has 1 aromatic heterocycles. The van der Waals surface area contributed by atoms with Crippen molar-refractivity contribution in [2.45, 2.75) is 0 Å². The first-order valence-corrected chi connectivity index (χ1v) is 11.1. The summed E-state index contributed by atoms with van der Waals surface area (Å²) in [6, 6.07) is 32.8. The number of anilines is 1. The number of hydrogen-bond acceptors (Lipinski definition) is 3. The van der Waals surface area contributed by atoms with Crippen molar-refractivity contribution in [3.05, 3.63) is 131 Å². The second kappa shape index (κ2) is 9.30. The van der Waals surface area contributed by atoms with E-state index in [1.165, 1.54) is 0 Å². The van der Waals surface area contributed by atoms with Crippen molar-refractivity contribution in [3.8, 4) is 11.3 Å². The Kier molecular flexibility index (Phi) is 5.90. The summed E-state index contributed by atoms with van der Waals surface area (Å²) in [6.07, 6.45) is 0. The van der Waals surface area contributed by atoms with E-state index in [0.29, 0.717) is 38.6 Å². The zero-order valence-electron chi connectivity index (χ0n) is 18.0. The van der Waals surface area contributed by atoms with E-state index < -0.39 is 0 Å². The molecule has 0 saturated heterocycles. The predicted octanol–water partition coefficient (Wildman–Crippen LogP) is 7.04. The quantitative estimate of drug-likeness (QED) is 0.285. The van der Waals surface area contributed by atoms with E-state index in [2.05, 4.69) is 5.32 Å². The van der Waals surface area contributed by atoms with Crippen LogP contribution < -0.4 is 5.32 Å². The molecule has 1 N–H and O–H groups in total. The lowest BCUT2D eigenvalue weighted by molar-refractivity contribution is 0.102. The number of nitrogens with one attached hydrogen (secondary N) is 1.